The summed E-state index contributed by atoms with van der Waals surface area (Å²) in [6, 6.07) is 8.12. The van der Waals surface area contributed by atoms with E-state index in [1.165, 1.54) is 6.20 Å². The summed E-state index contributed by atoms with van der Waals surface area (Å²) in [5, 5.41) is 3.40. The third-order valence-electron chi connectivity index (χ3n) is 2.43. The average Bonchev–Trinajstić information content (AvgIpc) is 2.75. The topological polar surface area (TPSA) is 17.8 Å². The van der Waals surface area contributed by atoms with Crippen molar-refractivity contribution >= 4 is 0 Å². The summed E-state index contributed by atoms with van der Waals surface area (Å²) >= 11 is 0. The second kappa shape index (κ2) is 4.80. The van der Waals surface area contributed by atoms with Gasteiger partial charge in [0.1, 0.15) is 6.67 Å². The Labute approximate surface area is 101 Å². The van der Waals surface area contributed by atoms with Crippen LogP contribution in [0.4, 0.5) is 17.6 Å². The van der Waals surface area contributed by atoms with Crippen molar-refractivity contribution in [2.45, 2.75) is 12.7 Å². The van der Waals surface area contributed by atoms with Crippen LogP contribution in [0, 0.1) is 0 Å². The minimum Gasteiger partial charge on any atom is -0.269 e. The molecule has 0 saturated heterocycles. The highest BCUT2D eigenvalue weighted by Gasteiger charge is 2.37. The number of aryl methyl sites for hydroxylation is 1. The summed E-state index contributed by atoms with van der Waals surface area (Å²) in [6.45, 7) is -0.941. The summed E-state index contributed by atoms with van der Waals surface area (Å²) in [4.78, 5) is 0. The molecule has 1 heterocycles. The zero-order chi connectivity index (χ0) is 13.2. The number of halogens is 4. The van der Waals surface area contributed by atoms with Crippen molar-refractivity contribution in [1.29, 1.82) is 0 Å². The van der Waals surface area contributed by atoms with E-state index in [4.69, 9.17) is 0 Å². The zero-order valence-electron chi connectivity index (χ0n) is 9.28. The maximum Gasteiger partial charge on any atom is 0.435 e. The fraction of sp³-hybridized carbons (Fsp3) is 0.250. The number of nitrogens with zero attached hydrogens (tertiary/aromatic N) is 2. The first-order chi connectivity index (χ1) is 8.52. The lowest BCUT2D eigenvalue weighted by Crippen LogP contribution is -2.09. The Hall–Kier alpha value is -1.85. The standard InChI is InChI=1S/C12H10F4N2/c13-6-7-18-8-10(9-4-2-1-3-5-9)11(17-18)12(14,15)16/h1-5,8H,6-7H2. The Balaban J connectivity index is 2.51. The van der Waals surface area contributed by atoms with Gasteiger partial charge in [-0.1, -0.05) is 30.3 Å². The van der Waals surface area contributed by atoms with Crippen LogP contribution >= 0.6 is 0 Å². The molecule has 0 spiro atoms. The van der Waals surface area contributed by atoms with E-state index < -0.39 is 18.5 Å². The molecule has 2 nitrogen and oxygen atoms in total. The molecule has 0 unspecified atom stereocenters. The smallest absolute Gasteiger partial charge is 0.269 e. The van der Waals surface area contributed by atoms with E-state index in [9.17, 15) is 17.6 Å². The van der Waals surface area contributed by atoms with E-state index in [0.717, 1.165) is 4.68 Å². The Morgan fingerprint density at radius 2 is 1.78 bits per heavy atom. The predicted octanol–water partition coefficient (Wildman–Crippen LogP) is 3.54. The molecule has 0 aliphatic carbocycles. The van der Waals surface area contributed by atoms with Gasteiger partial charge < -0.3 is 0 Å². The van der Waals surface area contributed by atoms with Gasteiger partial charge in [-0.05, 0) is 5.56 Å². The minimum atomic E-state index is -4.55. The molecule has 96 valence electrons. The van der Waals surface area contributed by atoms with Crippen molar-refractivity contribution in [3.8, 4) is 11.1 Å². The van der Waals surface area contributed by atoms with Crippen LogP contribution in [-0.4, -0.2) is 16.5 Å². The molecule has 2 rings (SSSR count). The Bertz CT molecular complexity index is 517. The van der Waals surface area contributed by atoms with E-state index in [1.807, 2.05) is 0 Å². The van der Waals surface area contributed by atoms with Gasteiger partial charge in [0.05, 0.1) is 6.54 Å². The highest BCUT2D eigenvalue weighted by atomic mass is 19.4. The molecule has 6 heteroatoms. The lowest BCUT2D eigenvalue weighted by Gasteiger charge is -2.05. The van der Waals surface area contributed by atoms with Gasteiger partial charge in [0, 0.05) is 11.8 Å². The van der Waals surface area contributed by atoms with Gasteiger partial charge >= 0.3 is 6.18 Å². The number of aromatic nitrogens is 2. The molecule has 0 aliphatic heterocycles. The first kappa shape index (κ1) is 12.6. The summed E-state index contributed by atoms with van der Waals surface area (Å²) in [7, 11) is 0. The highest BCUT2D eigenvalue weighted by molar-refractivity contribution is 5.65. The predicted molar refractivity (Wildman–Crippen MR) is 58.6 cm³/mol. The molecular weight excluding hydrogens is 248 g/mol. The number of rotatable bonds is 3. The average molecular weight is 258 g/mol. The molecule has 1 aromatic carbocycles. The number of alkyl halides is 4. The Morgan fingerprint density at radius 3 is 2.33 bits per heavy atom. The number of benzene rings is 1. The quantitative estimate of drug-likeness (QED) is 0.770. The third kappa shape index (κ3) is 2.52. The van der Waals surface area contributed by atoms with Gasteiger partial charge in [-0.25, -0.2) is 4.39 Å². The van der Waals surface area contributed by atoms with Crippen LogP contribution in [0.5, 0.6) is 0 Å². The molecule has 1 aromatic heterocycles. The molecule has 0 fully saturated rings. The summed E-state index contributed by atoms with van der Waals surface area (Å²) in [6.07, 6.45) is -3.33. The Morgan fingerprint density at radius 1 is 1.11 bits per heavy atom. The molecule has 0 aliphatic rings. The van der Waals surface area contributed by atoms with Crippen molar-refractivity contribution in [1.82, 2.24) is 9.78 Å². The van der Waals surface area contributed by atoms with Crippen LogP contribution in [0.1, 0.15) is 5.69 Å². The lowest BCUT2D eigenvalue weighted by atomic mass is 10.1. The van der Waals surface area contributed by atoms with Crippen molar-refractivity contribution in [2.75, 3.05) is 6.67 Å². The normalized spacial score (nSPS) is 11.8. The highest BCUT2D eigenvalue weighted by Crippen LogP contribution is 2.35. The van der Waals surface area contributed by atoms with Gasteiger partial charge in [-0.2, -0.15) is 18.3 Å². The first-order valence-corrected chi connectivity index (χ1v) is 5.28. The SMILES string of the molecule is FCCn1cc(-c2ccccc2)c(C(F)(F)F)n1. The van der Waals surface area contributed by atoms with E-state index in [-0.39, 0.29) is 12.1 Å². The molecule has 0 saturated carbocycles. The summed E-state index contributed by atoms with van der Waals surface area (Å²) in [5.74, 6) is 0. The molecule has 2 aromatic rings. The third-order valence-corrected chi connectivity index (χ3v) is 2.43. The van der Waals surface area contributed by atoms with Crippen molar-refractivity contribution in [2.24, 2.45) is 0 Å². The van der Waals surface area contributed by atoms with E-state index in [0.29, 0.717) is 5.56 Å². The van der Waals surface area contributed by atoms with Crippen LogP contribution in [0.15, 0.2) is 36.5 Å². The molecular formula is C12H10F4N2. The second-order valence-electron chi connectivity index (χ2n) is 3.71. The van der Waals surface area contributed by atoms with E-state index in [1.54, 1.807) is 30.3 Å². The fourth-order valence-corrected chi connectivity index (χ4v) is 1.66. The monoisotopic (exact) mass is 258 g/mol. The molecule has 0 atom stereocenters. The number of hydrogen-bond acceptors (Lipinski definition) is 1. The van der Waals surface area contributed by atoms with Crippen molar-refractivity contribution in [3.63, 3.8) is 0 Å². The van der Waals surface area contributed by atoms with Crippen LogP contribution < -0.4 is 0 Å². The van der Waals surface area contributed by atoms with Crippen molar-refractivity contribution in [3.05, 3.63) is 42.2 Å². The molecule has 18 heavy (non-hydrogen) atoms. The van der Waals surface area contributed by atoms with Gasteiger partial charge in [-0.3, -0.25) is 4.68 Å². The van der Waals surface area contributed by atoms with Gasteiger partial charge in [0.15, 0.2) is 5.69 Å². The molecule has 0 radical (unpaired) electrons. The molecule has 0 amide bonds. The maximum absolute atomic E-state index is 12.8. The maximum atomic E-state index is 12.8. The van der Waals surface area contributed by atoms with Gasteiger partial charge in [0.25, 0.3) is 0 Å². The van der Waals surface area contributed by atoms with Gasteiger partial charge in [0.2, 0.25) is 0 Å². The van der Waals surface area contributed by atoms with Crippen LogP contribution in [-0.2, 0) is 12.7 Å². The minimum absolute atomic E-state index is 0.0310. The second-order valence-corrected chi connectivity index (χ2v) is 3.71. The molecule has 0 bridgehead atoms. The summed E-state index contributed by atoms with van der Waals surface area (Å²) < 4.78 is 51.6. The summed E-state index contributed by atoms with van der Waals surface area (Å²) in [5.41, 5.74) is -0.603. The lowest BCUT2D eigenvalue weighted by molar-refractivity contribution is -0.141. The Kier molecular flexibility index (Phi) is 3.36. The largest absolute Gasteiger partial charge is 0.435 e. The zero-order valence-corrected chi connectivity index (χ0v) is 9.28. The van der Waals surface area contributed by atoms with Crippen LogP contribution in [0.2, 0.25) is 0 Å². The van der Waals surface area contributed by atoms with E-state index in [2.05, 4.69) is 5.10 Å². The molecule has 0 N–H and O–H groups in total. The first-order valence-electron chi connectivity index (χ1n) is 5.28. The van der Waals surface area contributed by atoms with Gasteiger partial charge in [-0.15, -0.1) is 0 Å². The fourth-order valence-electron chi connectivity index (χ4n) is 1.66. The van der Waals surface area contributed by atoms with Crippen LogP contribution in [0.3, 0.4) is 0 Å². The van der Waals surface area contributed by atoms with Crippen LogP contribution in [0.25, 0.3) is 11.1 Å². The van der Waals surface area contributed by atoms with Crippen molar-refractivity contribution < 1.29 is 17.6 Å². The number of hydrogen-bond donors (Lipinski definition) is 0. The van der Waals surface area contributed by atoms with E-state index >= 15 is 0 Å².